The van der Waals surface area contributed by atoms with Gasteiger partial charge >= 0.3 is 16.6 Å². The normalized spacial score (nSPS) is 15.8. The lowest BCUT2D eigenvalue weighted by Gasteiger charge is -2.37. The molecule has 0 N–H and O–H groups in total. The Hall–Kier alpha value is -1.79. The van der Waals surface area contributed by atoms with E-state index in [9.17, 15) is 25.5 Å². The molecule has 0 atom stereocenters. The van der Waals surface area contributed by atoms with E-state index >= 15 is 0 Å². The van der Waals surface area contributed by atoms with Gasteiger partial charge in [-0.25, -0.2) is 13.2 Å². The van der Waals surface area contributed by atoms with Gasteiger partial charge in [-0.05, 0) is 45.4 Å². The van der Waals surface area contributed by atoms with Crippen LogP contribution >= 0.6 is 10.7 Å². The Labute approximate surface area is 180 Å². The van der Waals surface area contributed by atoms with Crippen molar-refractivity contribution in [2.45, 2.75) is 39.0 Å². The van der Waals surface area contributed by atoms with Crippen molar-refractivity contribution in [1.82, 2.24) is 4.90 Å². The van der Waals surface area contributed by atoms with E-state index in [1.165, 1.54) is 17.9 Å². The second-order valence-corrected chi connectivity index (χ2v) is 11.6. The third kappa shape index (κ3) is 7.47. The number of piperazine rings is 1. The van der Waals surface area contributed by atoms with Gasteiger partial charge in [-0.2, -0.15) is 8.42 Å². The number of ether oxygens (including phenoxy) is 1. The van der Waals surface area contributed by atoms with Crippen LogP contribution in [0.1, 0.15) is 31.9 Å². The van der Waals surface area contributed by atoms with Gasteiger partial charge in [-0.3, -0.25) is 0 Å². The lowest BCUT2D eigenvalue weighted by molar-refractivity contribution is 0.0240. The highest BCUT2D eigenvalue weighted by Gasteiger charge is 2.28. The molecule has 1 fully saturated rings. The topological polar surface area (TPSA) is 110 Å². The van der Waals surface area contributed by atoms with Crippen LogP contribution in [0.5, 0.6) is 5.75 Å². The highest BCUT2D eigenvalue weighted by Crippen LogP contribution is 2.33. The van der Waals surface area contributed by atoms with Gasteiger partial charge in [-0.1, -0.05) is 3.89 Å². The monoisotopic (exact) mass is 486 g/mol. The second kappa shape index (κ2) is 8.75. The molecule has 2 rings (SSSR count). The molecule has 0 radical (unpaired) electrons. The standard InChI is InChI=1S/C17H24ClFN2O7S2/c1-12-14(20-5-7-21(8-6-20)16(22)27-17(2,3)4)9-13(11-29(18,23)24)10-15(12)28-30(19,25)26/h9-10H,5-8,11H2,1-4H3. The molecule has 1 aromatic rings. The second-order valence-electron chi connectivity index (χ2n) is 7.85. The molecule has 0 bridgehead atoms. The number of rotatable bonds is 5. The SMILES string of the molecule is Cc1c(OS(=O)(=O)F)cc(CS(=O)(=O)Cl)cc1N1CCN(C(=O)OC(C)(C)C)CC1. The molecule has 30 heavy (non-hydrogen) atoms. The molecule has 0 aliphatic carbocycles. The number of carbonyl (C=O) groups excluding carboxylic acids is 1. The summed E-state index contributed by atoms with van der Waals surface area (Å²) in [5.74, 6) is -0.928. The Morgan fingerprint density at radius 1 is 1.13 bits per heavy atom. The lowest BCUT2D eigenvalue weighted by Crippen LogP contribution is -2.50. The highest BCUT2D eigenvalue weighted by molar-refractivity contribution is 8.13. The Kier molecular flexibility index (Phi) is 7.14. The maximum atomic E-state index is 13.1. The fourth-order valence-electron chi connectivity index (χ4n) is 2.99. The summed E-state index contributed by atoms with van der Waals surface area (Å²) < 4.78 is 67.7. The third-order valence-electron chi connectivity index (χ3n) is 4.19. The smallest absolute Gasteiger partial charge is 0.444 e. The van der Waals surface area contributed by atoms with Crippen molar-refractivity contribution in [3.05, 3.63) is 23.3 Å². The van der Waals surface area contributed by atoms with E-state index < -0.39 is 37.0 Å². The zero-order chi connectivity index (χ0) is 22.9. The molecule has 170 valence electrons. The van der Waals surface area contributed by atoms with E-state index in [0.717, 1.165) is 6.07 Å². The van der Waals surface area contributed by atoms with Gasteiger partial charge in [0.05, 0.1) is 5.75 Å². The summed E-state index contributed by atoms with van der Waals surface area (Å²) >= 11 is 0. The van der Waals surface area contributed by atoms with Gasteiger partial charge in [0.2, 0.25) is 9.05 Å². The average Bonchev–Trinajstić information content (AvgIpc) is 2.53. The Morgan fingerprint density at radius 2 is 1.70 bits per heavy atom. The molecule has 1 saturated heterocycles. The molecule has 0 unspecified atom stereocenters. The molecule has 0 saturated carbocycles. The first-order chi connectivity index (χ1) is 13.5. The van der Waals surface area contributed by atoms with Gasteiger partial charge in [0.15, 0.2) is 5.75 Å². The molecule has 1 heterocycles. The minimum absolute atomic E-state index is 0.138. The summed E-state index contributed by atoms with van der Waals surface area (Å²) in [6.07, 6.45) is -0.451. The van der Waals surface area contributed by atoms with Crippen molar-refractivity contribution < 1.29 is 34.4 Å². The number of carbonyl (C=O) groups is 1. The summed E-state index contributed by atoms with van der Waals surface area (Å²) in [6.45, 7) is 8.19. The van der Waals surface area contributed by atoms with Crippen molar-refractivity contribution in [2.24, 2.45) is 0 Å². The van der Waals surface area contributed by atoms with Crippen LogP contribution in [-0.2, 0) is 30.0 Å². The minimum atomic E-state index is -5.32. The van der Waals surface area contributed by atoms with Gasteiger partial charge in [-0.15, -0.1) is 0 Å². The van der Waals surface area contributed by atoms with Crippen molar-refractivity contribution in [2.75, 3.05) is 31.1 Å². The molecular formula is C17H24ClFN2O7S2. The van der Waals surface area contributed by atoms with E-state index in [4.69, 9.17) is 15.4 Å². The van der Waals surface area contributed by atoms with Crippen LogP contribution in [0.3, 0.4) is 0 Å². The van der Waals surface area contributed by atoms with Gasteiger partial charge in [0.1, 0.15) is 5.60 Å². The highest BCUT2D eigenvalue weighted by atomic mass is 35.7. The summed E-state index contributed by atoms with van der Waals surface area (Å²) in [4.78, 5) is 15.6. The maximum Gasteiger partial charge on any atom is 0.488 e. The van der Waals surface area contributed by atoms with E-state index in [0.29, 0.717) is 37.4 Å². The first kappa shape index (κ1) is 24.5. The summed E-state index contributed by atoms with van der Waals surface area (Å²) in [5, 5.41) is 0. The Balaban J connectivity index is 2.29. The van der Waals surface area contributed by atoms with Crippen LogP contribution in [0.25, 0.3) is 0 Å². The molecular weight excluding hydrogens is 463 g/mol. The number of nitrogens with zero attached hydrogens (tertiary/aromatic N) is 2. The molecule has 1 aliphatic rings. The van der Waals surface area contributed by atoms with Crippen LogP contribution in [0.15, 0.2) is 12.1 Å². The van der Waals surface area contributed by atoms with Gasteiger partial charge < -0.3 is 18.7 Å². The van der Waals surface area contributed by atoms with E-state index in [2.05, 4.69) is 4.18 Å². The van der Waals surface area contributed by atoms with Crippen molar-refractivity contribution in [1.29, 1.82) is 0 Å². The summed E-state index contributed by atoms with van der Waals surface area (Å²) in [6, 6.07) is 2.64. The van der Waals surface area contributed by atoms with E-state index in [1.54, 1.807) is 20.8 Å². The Bertz CT molecular complexity index is 1020. The molecule has 1 aliphatic heterocycles. The first-order valence-corrected chi connectivity index (χ1v) is 12.8. The first-order valence-electron chi connectivity index (χ1n) is 8.97. The van der Waals surface area contributed by atoms with Crippen molar-refractivity contribution in [3.63, 3.8) is 0 Å². The van der Waals surface area contributed by atoms with Crippen LogP contribution < -0.4 is 9.08 Å². The quantitative estimate of drug-likeness (QED) is 0.584. The number of hydrogen-bond donors (Lipinski definition) is 0. The lowest BCUT2D eigenvalue weighted by atomic mass is 10.1. The van der Waals surface area contributed by atoms with E-state index in [1.807, 2.05) is 4.90 Å². The van der Waals surface area contributed by atoms with Crippen LogP contribution in [0, 0.1) is 6.92 Å². The van der Waals surface area contributed by atoms with Crippen LogP contribution in [0.2, 0.25) is 0 Å². The fourth-order valence-corrected chi connectivity index (χ4v) is 4.32. The van der Waals surface area contributed by atoms with Crippen LogP contribution in [0.4, 0.5) is 14.4 Å². The van der Waals surface area contributed by atoms with Crippen LogP contribution in [-0.4, -0.2) is 59.6 Å². The molecule has 1 amide bonds. The number of amides is 1. The van der Waals surface area contributed by atoms with Gasteiger partial charge in [0.25, 0.3) is 0 Å². The maximum absolute atomic E-state index is 13.1. The summed E-state index contributed by atoms with van der Waals surface area (Å²) in [7, 11) is -3.96. The average molecular weight is 487 g/mol. The molecule has 0 spiro atoms. The van der Waals surface area contributed by atoms with Gasteiger partial charge in [0, 0.05) is 48.1 Å². The van der Waals surface area contributed by atoms with E-state index in [-0.39, 0.29) is 11.3 Å². The number of anilines is 1. The molecule has 0 aromatic heterocycles. The van der Waals surface area contributed by atoms with Crippen molar-refractivity contribution in [3.8, 4) is 5.75 Å². The number of hydrogen-bond acceptors (Lipinski definition) is 8. The fraction of sp³-hybridized carbons (Fsp3) is 0.588. The minimum Gasteiger partial charge on any atom is -0.444 e. The predicted molar refractivity (Wildman–Crippen MR) is 110 cm³/mol. The molecule has 1 aromatic carbocycles. The Morgan fingerprint density at radius 3 is 2.17 bits per heavy atom. The number of benzene rings is 1. The molecule has 9 nitrogen and oxygen atoms in total. The zero-order valence-corrected chi connectivity index (χ0v) is 19.4. The zero-order valence-electron chi connectivity index (χ0n) is 17.0. The third-order valence-corrected chi connectivity index (χ3v) is 5.58. The largest absolute Gasteiger partial charge is 0.488 e. The van der Waals surface area contributed by atoms with Crippen molar-refractivity contribution >= 4 is 42.0 Å². The number of halogens is 2. The molecule has 13 heteroatoms. The predicted octanol–water partition coefficient (Wildman–Crippen LogP) is 2.71. The summed E-state index contributed by atoms with van der Waals surface area (Å²) in [5.41, 5.74) is 0.266.